The summed E-state index contributed by atoms with van der Waals surface area (Å²) in [5, 5.41) is 2.31. The van der Waals surface area contributed by atoms with Gasteiger partial charge in [-0.3, -0.25) is 4.79 Å². The van der Waals surface area contributed by atoms with Crippen molar-refractivity contribution in [2.75, 3.05) is 16.8 Å². The second-order valence-corrected chi connectivity index (χ2v) is 6.01. The average Bonchev–Trinajstić information content (AvgIpc) is 2.89. The molecular weight excluding hydrogens is 381 g/mol. The minimum Gasteiger partial charge on any atom is -0.357 e. The minimum atomic E-state index is -4.60. The molecule has 1 unspecified atom stereocenters. The van der Waals surface area contributed by atoms with Crippen molar-refractivity contribution in [3.63, 3.8) is 0 Å². The van der Waals surface area contributed by atoms with E-state index in [1.54, 1.807) is 0 Å². The third kappa shape index (κ3) is 3.44. The molecule has 2 heterocycles. The number of nitrogens with one attached hydrogen (secondary N) is 1. The van der Waals surface area contributed by atoms with Gasteiger partial charge < -0.3 is 10.2 Å². The van der Waals surface area contributed by atoms with Gasteiger partial charge in [-0.15, -0.1) is 0 Å². The number of carbonyl (C=O) groups excluding carboxylic acids is 1. The van der Waals surface area contributed by atoms with Crippen LogP contribution in [0.5, 0.6) is 0 Å². The van der Waals surface area contributed by atoms with Crippen molar-refractivity contribution in [3.8, 4) is 0 Å². The molecular formula is C16H11ClF5N3O. The molecule has 138 valence electrons. The first-order chi connectivity index (χ1) is 12.2. The Morgan fingerprint density at radius 3 is 2.46 bits per heavy atom. The summed E-state index contributed by atoms with van der Waals surface area (Å²) in [5.41, 5.74) is -1.49. The molecule has 26 heavy (non-hydrogen) atoms. The molecule has 2 aromatic rings. The number of anilines is 2. The van der Waals surface area contributed by atoms with Crippen molar-refractivity contribution in [2.45, 2.75) is 18.6 Å². The largest absolute Gasteiger partial charge is 0.417 e. The monoisotopic (exact) mass is 391 g/mol. The molecule has 1 aromatic carbocycles. The van der Waals surface area contributed by atoms with Crippen molar-refractivity contribution in [2.24, 2.45) is 0 Å². The quantitative estimate of drug-likeness (QED) is 0.796. The Balaban J connectivity index is 1.80. The maximum atomic E-state index is 13.9. The van der Waals surface area contributed by atoms with E-state index < -0.39 is 41.0 Å². The van der Waals surface area contributed by atoms with Gasteiger partial charge in [-0.05, 0) is 24.6 Å². The summed E-state index contributed by atoms with van der Waals surface area (Å²) < 4.78 is 65.6. The molecule has 1 fully saturated rings. The highest BCUT2D eigenvalue weighted by molar-refractivity contribution is 6.33. The zero-order chi connectivity index (χ0) is 19.1. The number of amides is 1. The molecule has 1 amide bonds. The van der Waals surface area contributed by atoms with Gasteiger partial charge >= 0.3 is 6.18 Å². The molecule has 1 aliphatic rings. The summed E-state index contributed by atoms with van der Waals surface area (Å²) in [6.07, 6.45) is -3.84. The molecule has 1 atom stereocenters. The number of aromatic nitrogens is 1. The van der Waals surface area contributed by atoms with E-state index in [1.165, 1.54) is 6.07 Å². The van der Waals surface area contributed by atoms with Gasteiger partial charge in [-0.1, -0.05) is 17.7 Å². The van der Waals surface area contributed by atoms with Gasteiger partial charge in [0, 0.05) is 12.7 Å². The van der Waals surface area contributed by atoms with Crippen LogP contribution in [0.3, 0.4) is 0 Å². The van der Waals surface area contributed by atoms with E-state index in [2.05, 4.69) is 10.3 Å². The third-order valence-electron chi connectivity index (χ3n) is 3.89. The zero-order valence-electron chi connectivity index (χ0n) is 12.9. The maximum absolute atomic E-state index is 13.9. The van der Waals surface area contributed by atoms with Crippen LogP contribution in [-0.2, 0) is 11.0 Å². The highest BCUT2D eigenvalue weighted by Gasteiger charge is 2.36. The molecule has 4 nitrogen and oxygen atoms in total. The molecule has 0 radical (unpaired) electrons. The molecule has 0 saturated carbocycles. The van der Waals surface area contributed by atoms with Crippen molar-refractivity contribution >= 4 is 29.0 Å². The van der Waals surface area contributed by atoms with Gasteiger partial charge in [-0.25, -0.2) is 13.8 Å². The third-order valence-corrected chi connectivity index (χ3v) is 4.18. The normalized spacial score (nSPS) is 17.7. The number of carbonyl (C=O) groups is 1. The lowest BCUT2D eigenvalue weighted by molar-refractivity contribution is -0.137. The molecule has 1 N–H and O–H groups in total. The van der Waals surface area contributed by atoms with E-state index in [9.17, 15) is 26.7 Å². The first kappa shape index (κ1) is 18.4. The van der Waals surface area contributed by atoms with Crippen LogP contribution in [0, 0.1) is 11.6 Å². The molecule has 3 rings (SSSR count). The first-order valence-corrected chi connectivity index (χ1v) is 7.81. The summed E-state index contributed by atoms with van der Waals surface area (Å²) in [7, 11) is 0. The number of alkyl halides is 3. The van der Waals surface area contributed by atoms with Gasteiger partial charge in [0.1, 0.15) is 29.2 Å². The van der Waals surface area contributed by atoms with Crippen LogP contribution >= 0.6 is 11.6 Å². The van der Waals surface area contributed by atoms with Crippen LogP contribution in [0.15, 0.2) is 30.5 Å². The Morgan fingerprint density at radius 1 is 1.23 bits per heavy atom. The Bertz CT molecular complexity index is 838. The van der Waals surface area contributed by atoms with Gasteiger partial charge in [-0.2, -0.15) is 13.2 Å². The molecule has 0 spiro atoms. The van der Waals surface area contributed by atoms with Gasteiger partial charge in [0.05, 0.1) is 10.6 Å². The zero-order valence-corrected chi connectivity index (χ0v) is 13.7. The molecule has 1 saturated heterocycles. The highest BCUT2D eigenvalue weighted by atomic mass is 35.5. The standard InChI is InChI=1S/C16H11ClF5N3O/c17-9-6-8(16(20,21)22)7-23-14(9)24-12-4-5-25(15(12)26)13-10(18)2-1-3-11(13)19/h1-3,6-7,12H,4-5H2,(H,23,24). The number of rotatable bonds is 3. The molecule has 10 heteroatoms. The highest BCUT2D eigenvalue weighted by Crippen LogP contribution is 2.33. The van der Waals surface area contributed by atoms with E-state index in [0.29, 0.717) is 12.3 Å². The van der Waals surface area contributed by atoms with Crippen molar-refractivity contribution < 1.29 is 26.7 Å². The molecule has 0 aliphatic carbocycles. The van der Waals surface area contributed by atoms with Crippen molar-refractivity contribution in [1.82, 2.24) is 4.98 Å². The Morgan fingerprint density at radius 2 is 1.88 bits per heavy atom. The fraction of sp³-hybridized carbons (Fsp3) is 0.250. The van der Waals surface area contributed by atoms with E-state index >= 15 is 0 Å². The topological polar surface area (TPSA) is 45.2 Å². The average molecular weight is 392 g/mol. The number of benzene rings is 1. The van der Waals surface area contributed by atoms with Crippen molar-refractivity contribution in [3.05, 3.63) is 52.7 Å². The number of para-hydroxylation sites is 1. The van der Waals surface area contributed by atoms with Crippen LogP contribution in [0.4, 0.5) is 33.5 Å². The summed E-state index contributed by atoms with van der Waals surface area (Å²) in [4.78, 5) is 17.0. The maximum Gasteiger partial charge on any atom is 0.417 e. The van der Waals surface area contributed by atoms with E-state index in [-0.39, 0.29) is 23.8 Å². The van der Waals surface area contributed by atoms with Gasteiger partial charge in [0.15, 0.2) is 0 Å². The number of nitrogens with zero attached hydrogens (tertiary/aromatic N) is 2. The van der Waals surface area contributed by atoms with Crippen LogP contribution < -0.4 is 10.2 Å². The van der Waals surface area contributed by atoms with Gasteiger partial charge in [0.25, 0.3) is 0 Å². The lowest BCUT2D eigenvalue weighted by Crippen LogP contribution is -2.34. The predicted molar refractivity (Wildman–Crippen MR) is 85.0 cm³/mol. The second-order valence-electron chi connectivity index (χ2n) is 5.60. The fourth-order valence-electron chi connectivity index (χ4n) is 2.65. The first-order valence-electron chi connectivity index (χ1n) is 7.43. The van der Waals surface area contributed by atoms with Crippen LogP contribution in [-0.4, -0.2) is 23.5 Å². The summed E-state index contributed by atoms with van der Waals surface area (Å²) in [6.45, 7) is 0.0343. The minimum absolute atomic E-state index is 0.0343. The number of hydrogen-bond acceptors (Lipinski definition) is 3. The number of halogens is 6. The predicted octanol–water partition coefficient (Wildman–Crippen LogP) is 4.25. The van der Waals surface area contributed by atoms with Crippen molar-refractivity contribution in [1.29, 1.82) is 0 Å². The molecule has 1 aromatic heterocycles. The molecule has 1 aliphatic heterocycles. The second kappa shape index (κ2) is 6.71. The summed E-state index contributed by atoms with van der Waals surface area (Å²) in [6, 6.07) is 3.00. The van der Waals surface area contributed by atoms with E-state index in [0.717, 1.165) is 17.0 Å². The Labute approximate surface area is 149 Å². The molecule has 0 bridgehead atoms. The number of hydrogen-bond donors (Lipinski definition) is 1. The van der Waals surface area contributed by atoms with Crippen LogP contribution in [0.2, 0.25) is 5.02 Å². The number of pyridine rings is 1. The Kier molecular flexibility index (Phi) is 4.74. The Hall–Kier alpha value is -2.42. The van der Waals surface area contributed by atoms with Crippen LogP contribution in [0.25, 0.3) is 0 Å². The smallest absolute Gasteiger partial charge is 0.357 e. The lowest BCUT2D eigenvalue weighted by Gasteiger charge is -2.19. The summed E-state index contributed by atoms with van der Waals surface area (Å²) >= 11 is 5.80. The lowest BCUT2D eigenvalue weighted by atomic mass is 10.2. The SMILES string of the molecule is O=C1C(Nc2ncc(C(F)(F)F)cc2Cl)CCN1c1c(F)cccc1F. The fourth-order valence-corrected chi connectivity index (χ4v) is 2.87. The summed E-state index contributed by atoms with van der Waals surface area (Å²) in [5.74, 6) is -2.52. The van der Waals surface area contributed by atoms with Gasteiger partial charge in [0.2, 0.25) is 5.91 Å². The van der Waals surface area contributed by atoms with Crippen LogP contribution in [0.1, 0.15) is 12.0 Å². The van der Waals surface area contributed by atoms with E-state index in [4.69, 9.17) is 11.6 Å². The van der Waals surface area contributed by atoms with E-state index in [1.807, 2.05) is 0 Å².